The number of amides is 1. The summed E-state index contributed by atoms with van der Waals surface area (Å²) in [7, 11) is 3.56. The van der Waals surface area contributed by atoms with Gasteiger partial charge in [0.15, 0.2) is 5.16 Å². The lowest BCUT2D eigenvalue weighted by Gasteiger charge is -2.21. The second-order valence-corrected chi connectivity index (χ2v) is 7.87. The highest BCUT2D eigenvalue weighted by molar-refractivity contribution is 7.99. The predicted molar refractivity (Wildman–Crippen MR) is 108 cm³/mol. The van der Waals surface area contributed by atoms with Crippen molar-refractivity contribution in [2.75, 3.05) is 32.5 Å². The Balaban J connectivity index is 1.43. The third-order valence-corrected chi connectivity index (χ3v) is 5.53. The molecular formula is C19H27N5O3S. The van der Waals surface area contributed by atoms with Gasteiger partial charge in [-0.25, -0.2) is 0 Å². The van der Waals surface area contributed by atoms with Gasteiger partial charge in [0, 0.05) is 57.0 Å². The van der Waals surface area contributed by atoms with Gasteiger partial charge in [-0.05, 0) is 13.0 Å². The van der Waals surface area contributed by atoms with Crippen LogP contribution in [-0.2, 0) is 18.4 Å². The summed E-state index contributed by atoms with van der Waals surface area (Å²) in [6.45, 7) is 4.90. The highest BCUT2D eigenvalue weighted by Gasteiger charge is 2.21. The molecule has 0 spiro atoms. The molecule has 1 aliphatic rings. The summed E-state index contributed by atoms with van der Waals surface area (Å²) in [4.78, 5) is 14.4. The van der Waals surface area contributed by atoms with Gasteiger partial charge in [0.1, 0.15) is 23.9 Å². The predicted octanol–water partition coefficient (Wildman–Crippen LogP) is 1.71. The number of hydrogen-bond acceptors (Lipinski definition) is 7. The van der Waals surface area contributed by atoms with Crippen LogP contribution < -0.4 is 14.8 Å². The first-order chi connectivity index (χ1) is 13.5. The molecule has 1 unspecified atom stereocenters. The van der Waals surface area contributed by atoms with Crippen molar-refractivity contribution in [3.05, 3.63) is 30.1 Å². The summed E-state index contributed by atoms with van der Waals surface area (Å²) >= 11 is 1.58. The zero-order valence-electron chi connectivity index (χ0n) is 16.6. The van der Waals surface area contributed by atoms with E-state index in [2.05, 4.69) is 20.4 Å². The fraction of sp³-hybridized carbons (Fsp3) is 0.526. The molecule has 2 aromatic rings. The molecule has 1 aliphatic heterocycles. The van der Waals surface area contributed by atoms with Crippen molar-refractivity contribution >= 4 is 17.7 Å². The van der Waals surface area contributed by atoms with E-state index in [0.717, 1.165) is 41.1 Å². The van der Waals surface area contributed by atoms with Crippen molar-refractivity contribution in [3.63, 3.8) is 0 Å². The molecule has 28 heavy (non-hydrogen) atoms. The normalized spacial score (nSPS) is 16.8. The minimum atomic E-state index is 0.0548. The van der Waals surface area contributed by atoms with Crippen molar-refractivity contribution in [2.45, 2.75) is 31.1 Å². The van der Waals surface area contributed by atoms with Crippen LogP contribution in [0.15, 0.2) is 29.7 Å². The average molecular weight is 406 g/mol. The molecule has 1 aromatic carbocycles. The number of methoxy groups -OCH3 is 1. The monoisotopic (exact) mass is 405 g/mol. The summed E-state index contributed by atoms with van der Waals surface area (Å²) in [6.07, 6.45) is 2.19. The number of thioether (sulfide) groups is 1. The maximum Gasteiger partial charge on any atom is 0.221 e. The second kappa shape index (κ2) is 9.79. The van der Waals surface area contributed by atoms with Crippen molar-refractivity contribution < 1.29 is 14.3 Å². The van der Waals surface area contributed by atoms with E-state index in [4.69, 9.17) is 9.47 Å². The Morgan fingerprint density at radius 1 is 1.46 bits per heavy atom. The van der Waals surface area contributed by atoms with Gasteiger partial charge in [0.2, 0.25) is 5.91 Å². The number of benzene rings is 1. The smallest absolute Gasteiger partial charge is 0.221 e. The number of carbonyl (C=O) groups excluding carboxylic acids is 1. The second-order valence-electron chi connectivity index (χ2n) is 6.81. The molecule has 1 aromatic heterocycles. The van der Waals surface area contributed by atoms with Gasteiger partial charge in [-0.15, -0.1) is 10.2 Å². The average Bonchev–Trinajstić information content (AvgIpc) is 3.01. The van der Waals surface area contributed by atoms with E-state index < -0.39 is 0 Å². The van der Waals surface area contributed by atoms with E-state index in [1.807, 2.05) is 36.7 Å². The van der Waals surface area contributed by atoms with E-state index >= 15 is 0 Å². The van der Waals surface area contributed by atoms with Gasteiger partial charge in [-0.3, -0.25) is 9.69 Å². The van der Waals surface area contributed by atoms with Crippen LogP contribution in [-0.4, -0.2) is 64.2 Å². The van der Waals surface area contributed by atoms with Crippen LogP contribution in [0.1, 0.15) is 18.9 Å². The van der Waals surface area contributed by atoms with E-state index in [-0.39, 0.29) is 12.0 Å². The first-order valence-corrected chi connectivity index (χ1v) is 10.3. The summed E-state index contributed by atoms with van der Waals surface area (Å²) in [5.74, 6) is 2.48. The van der Waals surface area contributed by atoms with Crippen molar-refractivity contribution in [1.29, 1.82) is 0 Å². The van der Waals surface area contributed by atoms with Gasteiger partial charge in [0.05, 0.1) is 7.11 Å². The molecule has 0 saturated heterocycles. The Morgan fingerprint density at radius 2 is 2.32 bits per heavy atom. The van der Waals surface area contributed by atoms with Gasteiger partial charge < -0.3 is 19.4 Å². The third kappa shape index (κ3) is 5.62. The number of fused-ring (bicyclic) bond motifs is 1. The summed E-state index contributed by atoms with van der Waals surface area (Å²) in [5.41, 5.74) is 1.12. The lowest BCUT2D eigenvalue weighted by Crippen LogP contribution is -2.35. The van der Waals surface area contributed by atoms with Crippen molar-refractivity contribution in [2.24, 2.45) is 7.05 Å². The fourth-order valence-electron chi connectivity index (χ4n) is 3.08. The third-order valence-electron chi connectivity index (χ3n) is 4.49. The largest absolute Gasteiger partial charge is 0.497 e. The lowest BCUT2D eigenvalue weighted by atomic mass is 10.1. The number of hydrogen-bond donors (Lipinski definition) is 1. The van der Waals surface area contributed by atoms with Crippen LogP contribution in [0.4, 0.5) is 0 Å². The molecule has 0 fully saturated rings. The minimum absolute atomic E-state index is 0.0548. The number of ether oxygens (including phenoxy) is 2. The van der Waals surface area contributed by atoms with E-state index in [0.29, 0.717) is 19.5 Å². The molecule has 1 amide bonds. The Hall–Kier alpha value is -2.26. The zero-order valence-corrected chi connectivity index (χ0v) is 17.4. The fourth-order valence-corrected chi connectivity index (χ4v) is 3.82. The molecule has 152 valence electrons. The van der Waals surface area contributed by atoms with Crippen LogP contribution in [0.25, 0.3) is 0 Å². The Morgan fingerprint density at radius 3 is 3.07 bits per heavy atom. The molecule has 0 aliphatic carbocycles. The number of carbonyl (C=O) groups is 1. The summed E-state index contributed by atoms with van der Waals surface area (Å²) in [6, 6.07) is 5.90. The van der Waals surface area contributed by atoms with Gasteiger partial charge >= 0.3 is 0 Å². The van der Waals surface area contributed by atoms with Crippen molar-refractivity contribution in [3.8, 4) is 11.5 Å². The molecule has 0 radical (unpaired) electrons. The number of nitrogens with zero attached hydrogens (tertiary/aromatic N) is 4. The summed E-state index contributed by atoms with van der Waals surface area (Å²) in [5, 5.41) is 11.7. The Kier molecular flexibility index (Phi) is 7.16. The Labute approximate surface area is 169 Å². The first kappa shape index (κ1) is 20.5. The number of aryl methyl sites for hydroxylation is 1. The molecule has 8 nitrogen and oxygen atoms in total. The SMILES string of the molecule is COc1ccc2c(c1)OC(C)CN(CCC(=O)NCCSc1nncn1C)C2. The standard InChI is InChI=1S/C19H27N5O3S/c1-14-11-24(12-15-4-5-16(26-3)10-17(15)27-14)8-6-18(25)20-7-9-28-19-22-21-13-23(19)2/h4-5,10,13-14H,6-9,11-12H2,1-3H3,(H,20,25). The van der Waals surface area contributed by atoms with Crippen LogP contribution in [0.2, 0.25) is 0 Å². The zero-order chi connectivity index (χ0) is 19.9. The van der Waals surface area contributed by atoms with Crippen LogP contribution in [0.3, 0.4) is 0 Å². The lowest BCUT2D eigenvalue weighted by molar-refractivity contribution is -0.121. The molecule has 3 rings (SSSR count). The minimum Gasteiger partial charge on any atom is -0.497 e. The Bertz CT molecular complexity index is 798. The van der Waals surface area contributed by atoms with Crippen LogP contribution >= 0.6 is 11.8 Å². The highest BCUT2D eigenvalue weighted by atomic mass is 32.2. The van der Waals surface area contributed by atoms with E-state index in [9.17, 15) is 4.79 Å². The van der Waals surface area contributed by atoms with Crippen LogP contribution in [0, 0.1) is 0 Å². The van der Waals surface area contributed by atoms with E-state index in [1.165, 1.54) is 0 Å². The molecule has 0 bridgehead atoms. The molecule has 2 heterocycles. The number of aromatic nitrogens is 3. The number of nitrogens with one attached hydrogen (secondary N) is 1. The maximum atomic E-state index is 12.2. The number of rotatable bonds is 8. The van der Waals surface area contributed by atoms with Gasteiger partial charge in [-0.2, -0.15) is 0 Å². The highest BCUT2D eigenvalue weighted by Crippen LogP contribution is 2.29. The van der Waals surface area contributed by atoms with Gasteiger partial charge in [-0.1, -0.05) is 17.8 Å². The quantitative estimate of drug-likeness (QED) is 0.529. The van der Waals surface area contributed by atoms with Gasteiger partial charge in [0.25, 0.3) is 0 Å². The van der Waals surface area contributed by atoms with E-state index in [1.54, 1.807) is 25.2 Å². The summed E-state index contributed by atoms with van der Waals surface area (Å²) < 4.78 is 13.2. The molecule has 1 N–H and O–H groups in total. The van der Waals surface area contributed by atoms with Crippen molar-refractivity contribution in [1.82, 2.24) is 25.0 Å². The maximum absolute atomic E-state index is 12.2. The molecular weight excluding hydrogens is 378 g/mol. The molecule has 0 saturated carbocycles. The first-order valence-electron chi connectivity index (χ1n) is 9.34. The molecule has 1 atom stereocenters. The van der Waals surface area contributed by atoms with Crippen LogP contribution in [0.5, 0.6) is 11.5 Å². The molecule has 9 heteroatoms. The topological polar surface area (TPSA) is 81.5 Å².